The lowest BCUT2D eigenvalue weighted by Crippen LogP contribution is -2.16. The first-order valence-corrected chi connectivity index (χ1v) is 22.6. The van der Waals surface area contributed by atoms with E-state index in [2.05, 4.69) is 30.5 Å². The second-order valence-electron chi connectivity index (χ2n) is 11.9. The van der Waals surface area contributed by atoms with Crippen molar-refractivity contribution in [2.24, 2.45) is 5.73 Å². The minimum Gasteiger partial charge on any atom is -0.327 e. The van der Waals surface area contributed by atoms with Crippen LogP contribution in [0.15, 0.2) is 48.6 Å². The summed E-state index contributed by atoms with van der Waals surface area (Å²) < 4.78 is 88.7. The number of rotatable bonds is 19. The summed E-state index contributed by atoms with van der Waals surface area (Å²) in [6.07, 6.45) is 5.61. The van der Waals surface area contributed by atoms with Crippen molar-refractivity contribution >= 4 is 62.8 Å². The summed E-state index contributed by atoms with van der Waals surface area (Å²) >= 11 is 0. The van der Waals surface area contributed by atoms with Gasteiger partial charge in [-0.05, 0) is 53.9 Å². The van der Waals surface area contributed by atoms with Gasteiger partial charge in [0, 0.05) is 44.6 Å². The average molecular weight is 794 g/mol. The van der Waals surface area contributed by atoms with Gasteiger partial charge in [0.05, 0.1) is 7.11 Å². The van der Waals surface area contributed by atoms with Crippen molar-refractivity contribution < 1.29 is 57.0 Å². The number of nitrogens with two attached hydrogens (primary N) is 1. The second kappa shape index (κ2) is 29.0. The van der Waals surface area contributed by atoms with E-state index in [1.54, 1.807) is 6.92 Å². The fourth-order valence-corrected chi connectivity index (χ4v) is 5.34. The zero-order valence-corrected chi connectivity index (χ0v) is 34.4. The highest BCUT2D eigenvalue weighted by molar-refractivity contribution is 7.91. The predicted molar refractivity (Wildman–Crippen MR) is 202 cm³/mol. The molecule has 0 aromatic heterocycles. The standard InChI is InChI=1S/C8H14O4S.2C8H14O3S.C4H9N.C4H8O3S/c1-7(2)4-5-8(9)6-13(10,11)12-3;2*1-7(2)4-5-8(9)6-12(3,10)11;1-4(2)3-5;1-4(5)3-8(2,6)7/h1,4-6H2,2-3H3;2*1,4-6H2,2-3H3;1,3,5H2,2H3;3H2,1-2H3. The van der Waals surface area contributed by atoms with Crippen molar-refractivity contribution in [3.05, 3.63) is 48.6 Å². The first-order chi connectivity index (χ1) is 22.2. The Morgan fingerprint density at radius 1 is 0.480 bits per heavy atom. The number of hydrogen-bond donors (Lipinski definition) is 1. The van der Waals surface area contributed by atoms with Crippen LogP contribution in [0.2, 0.25) is 0 Å². The Hall–Kier alpha value is -2.64. The van der Waals surface area contributed by atoms with Crippen molar-refractivity contribution in [1.29, 1.82) is 0 Å². The van der Waals surface area contributed by atoms with E-state index in [0.717, 1.165) is 48.2 Å². The third-order valence-electron chi connectivity index (χ3n) is 4.74. The molecule has 0 atom stereocenters. The predicted octanol–water partition coefficient (Wildman–Crippen LogP) is 2.94. The molecule has 0 amide bonds. The van der Waals surface area contributed by atoms with Crippen molar-refractivity contribution in [2.45, 2.75) is 73.1 Å². The molecular weight excluding hydrogens is 735 g/mol. The summed E-state index contributed by atoms with van der Waals surface area (Å²) in [7, 11) is -12.0. The Labute approximate surface area is 301 Å². The highest BCUT2D eigenvalue weighted by Gasteiger charge is 2.15. The van der Waals surface area contributed by atoms with Crippen LogP contribution in [0.4, 0.5) is 0 Å². The van der Waals surface area contributed by atoms with Crippen LogP contribution >= 0.6 is 0 Å². The molecule has 0 aliphatic carbocycles. The zero-order valence-electron chi connectivity index (χ0n) is 31.1. The first kappa shape index (κ1) is 56.7. The van der Waals surface area contributed by atoms with Crippen LogP contribution in [0.1, 0.15) is 73.1 Å². The quantitative estimate of drug-likeness (QED) is 0.146. The minimum atomic E-state index is -3.65. The van der Waals surface area contributed by atoms with Gasteiger partial charge in [0.25, 0.3) is 10.1 Å². The summed E-state index contributed by atoms with van der Waals surface area (Å²) in [5, 5.41) is 0. The van der Waals surface area contributed by atoms with E-state index in [9.17, 15) is 52.8 Å². The Morgan fingerprint density at radius 3 is 0.860 bits per heavy atom. The molecule has 0 fully saturated rings. The van der Waals surface area contributed by atoms with E-state index < -0.39 is 45.4 Å². The van der Waals surface area contributed by atoms with E-state index >= 15 is 0 Å². The lowest BCUT2D eigenvalue weighted by Gasteiger charge is -2.00. The monoisotopic (exact) mass is 793 g/mol. The highest BCUT2D eigenvalue weighted by Crippen LogP contribution is 2.04. The van der Waals surface area contributed by atoms with Crippen LogP contribution in [0.3, 0.4) is 0 Å². The Bertz CT molecular complexity index is 1530. The molecule has 0 rings (SSSR count). The van der Waals surface area contributed by atoms with Crippen LogP contribution in [0.5, 0.6) is 0 Å². The lowest BCUT2D eigenvalue weighted by molar-refractivity contribution is -0.117. The van der Waals surface area contributed by atoms with Crippen LogP contribution in [0, 0.1) is 0 Å². The largest absolute Gasteiger partial charge is 0.327 e. The Kier molecular flexibility index (Phi) is 32.9. The molecule has 0 unspecified atom stereocenters. The highest BCUT2D eigenvalue weighted by atomic mass is 32.2. The number of Topliss-reactive ketones (excluding diaryl/α,β-unsaturated/α-hetero) is 4. The maximum Gasteiger partial charge on any atom is 0.274 e. The fourth-order valence-electron chi connectivity index (χ4n) is 2.49. The maximum absolute atomic E-state index is 11.0. The van der Waals surface area contributed by atoms with Gasteiger partial charge in [-0.1, -0.05) is 28.9 Å². The van der Waals surface area contributed by atoms with Crippen LogP contribution < -0.4 is 5.73 Å². The fraction of sp³-hybridized carbons (Fsp3) is 0.625. The van der Waals surface area contributed by atoms with Gasteiger partial charge in [0.15, 0.2) is 35.3 Å². The number of carbonyl (C=O) groups is 4. The molecule has 0 bridgehead atoms. The molecule has 0 spiro atoms. The van der Waals surface area contributed by atoms with E-state index in [4.69, 9.17) is 5.73 Å². The van der Waals surface area contributed by atoms with Gasteiger partial charge < -0.3 is 5.73 Å². The molecule has 294 valence electrons. The third kappa shape index (κ3) is 64.0. The molecule has 14 nitrogen and oxygen atoms in total. The van der Waals surface area contributed by atoms with Gasteiger partial charge in [0.1, 0.15) is 40.4 Å². The van der Waals surface area contributed by atoms with Crippen molar-refractivity contribution in [3.8, 4) is 0 Å². The third-order valence-corrected chi connectivity index (χ3v) is 8.55. The van der Waals surface area contributed by atoms with Crippen molar-refractivity contribution in [2.75, 3.05) is 55.4 Å². The van der Waals surface area contributed by atoms with E-state index in [-0.39, 0.29) is 59.7 Å². The molecule has 2 N–H and O–H groups in total. The SMILES string of the molecule is C=C(C)CCC(=O)CS(=O)(=O)OC.C=C(C)CCC(=O)CS(C)(=O)=O.C=C(C)CCC(=O)CS(C)(=O)=O.C=C(C)CN.CC(=O)CS(C)(=O)=O. The topological polar surface area (TPSA) is 240 Å². The van der Waals surface area contributed by atoms with Crippen LogP contribution in [0.25, 0.3) is 0 Å². The normalized spacial score (nSPS) is 10.8. The maximum atomic E-state index is 11.0. The van der Waals surface area contributed by atoms with E-state index in [0.29, 0.717) is 25.8 Å². The van der Waals surface area contributed by atoms with E-state index in [1.807, 2.05) is 20.8 Å². The van der Waals surface area contributed by atoms with Crippen LogP contribution in [-0.4, -0.2) is 112 Å². The second-order valence-corrected chi connectivity index (χ2v) is 20.1. The molecule has 0 radical (unpaired) electrons. The number of sulfone groups is 3. The smallest absolute Gasteiger partial charge is 0.274 e. The molecule has 0 aromatic rings. The summed E-state index contributed by atoms with van der Waals surface area (Å²) in [5.41, 5.74) is 8.77. The molecule has 0 saturated carbocycles. The van der Waals surface area contributed by atoms with Crippen molar-refractivity contribution in [3.63, 3.8) is 0 Å². The summed E-state index contributed by atoms with van der Waals surface area (Å²) in [6.45, 7) is 23.6. The molecule has 18 heteroatoms. The molecular formula is C32H59NO13S4. The van der Waals surface area contributed by atoms with E-state index in [1.165, 1.54) is 6.92 Å². The molecule has 0 aliphatic rings. The lowest BCUT2D eigenvalue weighted by atomic mass is 10.1. The summed E-state index contributed by atoms with van der Waals surface area (Å²) in [6, 6.07) is 0. The molecule has 0 aliphatic heterocycles. The molecule has 0 heterocycles. The molecule has 0 aromatic carbocycles. The van der Waals surface area contributed by atoms with Gasteiger partial charge in [-0.3, -0.25) is 23.4 Å². The number of ketones is 4. The molecule has 50 heavy (non-hydrogen) atoms. The number of allylic oxidation sites excluding steroid dienone is 3. The van der Waals surface area contributed by atoms with Gasteiger partial charge in [0.2, 0.25) is 0 Å². The summed E-state index contributed by atoms with van der Waals surface area (Å²) in [5.74, 6) is -2.71. The first-order valence-electron chi connectivity index (χ1n) is 14.8. The number of hydrogen-bond acceptors (Lipinski definition) is 14. The molecule has 0 saturated heterocycles. The van der Waals surface area contributed by atoms with Crippen LogP contribution in [-0.2, 0) is 63.0 Å². The Balaban J connectivity index is -0.000000174. The van der Waals surface area contributed by atoms with Gasteiger partial charge in [-0.25, -0.2) is 25.3 Å². The summed E-state index contributed by atoms with van der Waals surface area (Å²) in [4.78, 5) is 43.0. The van der Waals surface area contributed by atoms with Crippen molar-refractivity contribution in [1.82, 2.24) is 0 Å². The number of carbonyl (C=O) groups excluding carboxylic acids is 4. The van der Waals surface area contributed by atoms with Gasteiger partial charge in [-0.2, -0.15) is 8.42 Å². The van der Waals surface area contributed by atoms with Gasteiger partial charge in [-0.15, -0.1) is 19.7 Å². The minimum absolute atomic E-state index is 0.206. The van der Waals surface area contributed by atoms with Gasteiger partial charge >= 0.3 is 0 Å². The average Bonchev–Trinajstić information content (AvgIpc) is 2.87. The Morgan fingerprint density at radius 2 is 0.720 bits per heavy atom. The zero-order chi connectivity index (χ0) is 41.1.